The molecule has 1 saturated heterocycles. The maximum atomic E-state index is 11.9. The van der Waals surface area contributed by atoms with Gasteiger partial charge in [0.1, 0.15) is 5.82 Å². The van der Waals surface area contributed by atoms with Gasteiger partial charge in [-0.3, -0.25) is 14.5 Å². The average Bonchev–Trinajstić information content (AvgIpc) is 2.93. The van der Waals surface area contributed by atoms with Crippen molar-refractivity contribution in [2.75, 3.05) is 19.6 Å². The van der Waals surface area contributed by atoms with Gasteiger partial charge in [-0.2, -0.15) is 5.10 Å². The second-order valence-corrected chi connectivity index (χ2v) is 6.17. The average molecular weight is 318 g/mol. The van der Waals surface area contributed by atoms with Crippen LogP contribution in [0.25, 0.3) is 0 Å². The van der Waals surface area contributed by atoms with Crippen molar-refractivity contribution in [1.82, 2.24) is 29.6 Å². The molecule has 1 aliphatic rings. The molecule has 1 fully saturated rings. The van der Waals surface area contributed by atoms with Crippen LogP contribution in [0, 0.1) is 13.8 Å². The van der Waals surface area contributed by atoms with Gasteiger partial charge in [0.2, 0.25) is 0 Å². The van der Waals surface area contributed by atoms with E-state index in [1.54, 1.807) is 6.92 Å². The molecule has 8 nitrogen and oxygen atoms in total. The van der Waals surface area contributed by atoms with Gasteiger partial charge in [-0.15, -0.1) is 0 Å². The van der Waals surface area contributed by atoms with E-state index in [2.05, 4.69) is 25.1 Å². The van der Waals surface area contributed by atoms with Crippen LogP contribution in [0.3, 0.4) is 0 Å². The number of H-pyrrole nitrogens is 2. The highest BCUT2D eigenvalue weighted by atomic mass is 16.2. The van der Waals surface area contributed by atoms with Crippen molar-refractivity contribution in [2.45, 2.75) is 39.2 Å². The van der Waals surface area contributed by atoms with Crippen molar-refractivity contribution >= 4 is 0 Å². The first-order valence-corrected chi connectivity index (χ1v) is 7.95. The minimum atomic E-state index is -0.340. The van der Waals surface area contributed by atoms with Crippen LogP contribution in [0.5, 0.6) is 0 Å². The third-order valence-electron chi connectivity index (χ3n) is 4.28. The van der Waals surface area contributed by atoms with E-state index in [4.69, 9.17) is 0 Å². The normalized spacial score (nSPS) is 19.1. The number of aromatic amines is 2. The minimum Gasteiger partial charge on any atom is -0.311 e. The number of hydrogen-bond donors (Lipinski definition) is 2. The second kappa shape index (κ2) is 6.49. The molecule has 1 aliphatic heterocycles. The molecule has 3 heterocycles. The fraction of sp³-hybridized carbons (Fsp3) is 0.600. The Bertz CT molecular complexity index is 759. The summed E-state index contributed by atoms with van der Waals surface area (Å²) in [5, 5.41) is 7.15. The van der Waals surface area contributed by atoms with E-state index in [1.165, 1.54) is 10.6 Å². The fourth-order valence-corrected chi connectivity index (χ4v) is 3.10. The molecule has 1 unspecified atom stereocenters. The first kappa shape index (κ1) is 15.7. The fourth-order valence-electron chi connectivity index (χ4n) is 3.10. The molecule has 2 N–H and O–H groups in total. The van der Waals surface area contributed by atoms with E-state index in [9.17, 15) is 9.59 Å². The summed E-state index contributed by atoms with van der Waals surface area (Å²) < 4.78 is 1.26. The zero-order chi connectivity index (χ0) is 16.4. The lowest BCUT2D eigenvalue weighted by molar-refractivity contribution is 0.196. The van der Waals surface area contributed by atoms with Crippen LogP contribution in [0.4, 0.5) is 0 Å². The summed E-state index contributed by atoms with van der Waals surface area (Å²) in [5.41, 5.74) is 0.00631. The Kier molecular flexibility index (Phi) is 4.42. The summed E-state index contributed by atoms with van der Waals surface area (Å²) in [6.07, 6.45) is 2.14. The zero-order valence-electron chi connectivity index (χ0n) is 13.5. The van der Waals surface area contributed by atoms with Crippen LogP contribution < -0.4 is 11.2 Å². The van der Waals surface area contributed by atoms with E-state index in [1.807, 2.05) is 6.92 Å². The topological polar surface area (TPSA) is 99.7 Å². The summed E-state index contributed by atoms with van der Waals surface area (Å²) in [7, 11) is 0. The number of rotatable bonds is 4. The van der Waals surface area contributed by atoms with E-state index in [0.717, 1.165) is 37.6 Å². The molecule has 0 aromatic carbocycles. The molecule has 0 bridgehead atoms. The van der Waals surface area contributed by atoms with Crippen molar-refractivity contribution in [1.29, 1.82) is 0 Å². The van der Waals surface area contributed by atoms with Gasteiger partial charge < -0.3 is 9.88 Å². The first-order chi connectivity index (χ1) is 11.0. The van der Waals surface area contributed by atoms with Crippen LogP contribution in [-0.2, 0) is 6.54 Å². The molecule has 3 rings (SSSR count). The van der Waals surface area contributed by atoms with E-state index >= 15 is 0 Å². The highest BCUT2D eigenvalue weighted by Crippen LogP contribution is 2.24. The smallest absolute Gasteiger partial charge is 0.311 e. The standard InChI is InChI=1S/C15H22N6O2/c1-10-8-13(22)21(15(23)16-10)7-6-20-5-3-4-12(9-20)14-17-11(2)18-19-14/h8,12H,3-7,9H2,1-2H3,(H,16,23)(H,17,18,19). The van der Waals surface area contributed by atoms with Crippen LogP contribution in [-0.4, -0.2) is 49.3 Å². The largest absolute Gasteiger partial charge is 0.328 e. The molecule has 1 atom stereocenters. The van der Waals surface area contributed by atoms with Crippen LogP contribution in [0.1, 0.15) is 36.1 Å². The SMILES string of the molecule is Cc1cc(=O)n(CCN2CCCC(c3n[nH]c(C)n3)C2)c(=O)[nH]1. The number of piperidine rings is 1. The Morgan fingerprint density at radius 3 is 2.83 bits per heavy atom. The van der Waals surface area contributed by atoms with Gasteiger partial charge in [-0.25, -0.2) is 9.78 Å². The van der Waals surface area contributed by atoms with Gasteiger partial charge in [0, 0.05) is 37.3 Å². The monoisotopic (exact) mass is 318 g/mol. The zero-order valence-corrected chi connectivity index (χ0v) is 13.5. The number of aryl methyl sites for hydroxylation is 2. The van der Waals surface area contributed by atoms with Crippen molar-refractivity contribution < 1.29 is 0 Å². The van der Waals surface area contributed by atoms with E-state index < -0.39 is 0 Å². The Balaban J connectivity index is 1.65. The second-order valence-electron chi connectivity index (χ2n) is 6.17. The first-order valence-electron chi connectivity index (χ1n) is 7.95. The van der Waals surface area contributed by atoms with Crippen LogP contribution >= 0.6 is 0 Å². The summed E-state index contributed by atoms with van der Waals surface area (Å²) in [5.74, 6) is 1.99. The van der Waals surface area contributed by atoms with Gasteiger partial charge in [0.25, 0.3) is 5.56 Å². The number of nitrogens with one attached hydrogen (secondary N) is 2. The summed E-state index contributed by atoms with van der Waals surface area (Å²) in [6, 6.07) is 1.46. The lowest BCUT2D eigenvalue weighted by Gasteiger charge is -2.31. The van der Waals surface area contributed by atoms with E-state index in [-0.39, 0.29) is 11.2 Å². The third kappa shape index (κ3) is 3.58. The predicted octanol–water partition coefficient (Wildman–Crippen LogP) is 0.151. The molecule has 0 radical (unpaired) electrons. The lowest BCUT2D eigenvalue weighted by atomic mass is 9.97. The quantitative estimate of drug-likeness (QED) is 0.836. The Morgan fingerprint density at radius 1 is 1.30 bits per heavy atom. The highest BCUT2D eigenvalue weighted by molar-refractivity contribution is 5.00. The molecule has 2 aromatic heterocycles. The van der Waals surface area contributed by atoms with Gasteiger partial charge in [0.15, 0.2) is 5.82 Å². The number of aromatic nitrogens is 5. The van der Waals surface area contributed by atoms with Crippen molar-refractivity contribution in [3.8, 4) is 0 Å². The number of likely N-dealkylation sites (tertiary alicyclic amines) is 1. The Hall–Kier alpha value is -2.22. The molecular formula is C15H22N6O2. The van der Waals surface area contributed by atoms with Gasteiger partial charge in [-0.05, 0) is 33.2 Å². The summed E-state index contributed by atoms with van der Waals surface area (Å²) in [4.78, 5) is 33.2. The Morgan fingerprint density at radius 2 is 2.13 bits per heavy atom. The summed E-state index contributed by atoms with van der Waals surface area (Å²) in [6.45, 7) is 6.50. The maximum absolute atomic E-state index is 11.9. The van der Waals surface area contributed by atoms with Crippen molar-refractivity contribution in [3.05, 3.63) is 44.2 Å². The molecule has 0 amide bonds. The van der Waals surface area contributed by atoms with Crippen LogP contribution in [0.15, 0.2) is 15.7 Å². The van der Waals surface area contributed by atoms with Gasteiger partial charge in [0.05, 0.1) is 0 Å². The van der Waals surface area contributed by atoms with Crippen molar-refractivity contribution in [2.24, 2.45) is 0 Å². The Labute approximate surface area is 133 Å². The molecule has 124 valence electrons. The molecule has 2 aromatic rings. The molecule has 0 spiro atoms. The van der Waals surface area contributed by atoms with Gasteiger partial charge >= 0.3 is 5.69 Å². The van der Waals surface area contributed by atoms with Crippen LogP contribution in [0.2, 0.25) is 0 Å². The lowest BCUT2D eigenvalue weighted by Crippen LogP contribution is -2.41. The highest BCUT2D eigenvalue weighted by Gasteiger charge is 2.24. The molecular weight excluding hydrogens is 296 g/mol. The minimum absolute atomic E-state index is 0.246. The third-order valence-corrected chi connectivity index (χ3v) is 4.28. The molecule has 0 saturated carbocycles. The molecule has 23 heavy (non-hydrogen) atoms. The predicted molar refractivity (Wildman–Crippen MR) is 85.6 cm³/mol. The molecule has 0 aliphatic carbocycles. The summed E-state index contributed by atoms with van der Waals surface area (Å²) >= 11 is 0. The van der Waals surface area contributed by atoms with Crippen molar-refractivity contribution in [3.63, 3.8) is 0 Å². The molecule has 8 heteroatoms. The van der Waals surface area contributed by atoms with Gasteiger partial charge in [-0.1, -0.05) is 0 Å². The maximum Gasteiger partial charge on any atom is 0.328 e. The number of hydrogen-bond acceptors (Lipinski definition) is 5. The van der Waals surface area contributed by atoms with E-state index in [0.29, 0.717) is 24.7 Å². The number of nitrogens with zero attached hydrogens (tertiary/aromatic N) is 4.